The maximum absolute atomic E-state index is 12.5. The maximum atomic E-state index is 12.5. The smallest absolute Gasteiger partial charge is 0.350 e. The fraction of sp³-hybridized carbons (Fsp3) is 0.158. The van der Waals surface area contributed by atoms with Crippen molar-refractivity contribution in [2.45, 2.75) is 6.61 Å². The molecule has 0 bridgehead atoms. The number of hydrogen-bond donors (Lipinski definition) is 0. The Morgan fingerprint density at radius 3 is 2.30 bits per heavy atom. The van der Waals surface area contributed by atoms with Gasteiger partial charge in [0.1, 0.15) is 22.3 Å². The Balaban J connectivity index is 1.77. The third-order valence-electron chi connectivity index (χ3n) is 3.85. The molecule has 1 heterocycles. The highest BCUT2D eigenvalue weighted by Gasteiger charge is 2.21. The van der Waals surface area contributed by atoms with Gasteiger partial charge in [-0.1, -0.05) is 35.3 Å². The second kappa shape index (κ2) is 8.17. The second-order valence-corrected chi connectivity index (χ2v) is 7.24. The third kappa shape index (κ3) is 3.88. The predicted octanol–water partition coefficient (Wildman–Crippen LogP) is 5.36. The van der Waals surface area contributed by atoms with Gasteiger partial charge in [-0.2, -0.15) is 0 Å². The molecule has 3 rings (SSSR count). The van der Waals surface area contributed by atoms with Crippen LogP contribution in [0.15, 0.2) is 36.4 Å². The van der Waals surface area contributed by atoms with E-state index in [1.54, 1.807) is 36.4 Å². The van der Waals surface area contributed by atoms with E-state index in [4.69, 9.17) is 32.7 Å². The molecule has 0 aliphatic carbocycles. The lowest BCUT2D eigenvalue weighted by Gasteiger charge is -2.05. The van der Waals surface area contributed by atoms with Crippen LogP contribution in [-0.2, 0) is 16.1 Å². The van der Waals surface area contributed by atoms with E-state index in [2.05, 4.69) is 4.74 Å². The molecule has 2 aromatic carbocycles. The van der Waals surface area contributed by atoms with Gasteiger partial charge in [0, 0.05) is 5.39 Å². The van der Waals surface area contributed by atoms with E-state index in [9.17, 15) is 9.59 Å². The maximum Gasteiger partial charge on any atom is 0.350 e. The molecular formula is C19H14Cl2O5S. The summed E-state index contributed by atoms with van der Waals surface area (Å²) < 4.78 is 15.8. The first-order valence-corrected chi connectivity index (χ1v) is 9.32. The number of hydrogen-bond acceptors (Lipinski definition) is 6. The van der Waals surface area contributed by atoms with Crippen LogP contribution in [0.25, 0.3) is 10.1 Å². The number of fused-ring (bicyclic) bond motifs is 1. The van der Waals surface area contributed by atoms with Crippen molar-refractivity contribution in [3.8, 4) is 5.75 Å². The number of ether oxygens (including phenoxy) is 3. The summed E-state index contributed by atoms with van der Waals surface area (Å²) in [5.74, 6) is -0.469. The van der Waals surface area contributed by atoms with Gasteiger partial charge in [-0.05, 0) is 29.8 Å². The molecule has 0 aliphatic heterocycles. The van der Waals surface area contributed by atoms with Crippen molar-refractivity contribution in [3.63, 3.8) is 0 Å². The molecule has 8 heteroatoms. The van der Waals surface area contributed by atoms with Gasteiger partial charge in [-0.15, -0.1) is 11.3 Å². The molecule has 0 saturated heterocycles. The standard InChI is InChI=1S/C19H14Cl2O5S/c1-24-13-8-7-12-14(20)17(27-16(12)15(13)21)19(23)26-9-10-3-5-11(6-4-10)18(22)25-2/h3-8H,9H2,1-2H3. The average molecular weight is 425 g/mol. The Kier molecular flexibility index (Phi) is 5.89. The van der Waals surface area contributed by atoms with Crippen molar-refractivity contribution < 1.29 is 23.8 Å². The molecule has 140 valence electrons. The van der Waals surface area contributed by atoms with E-state index in [-0.39, 0.29) is 11.5 Å². The van der Waals surface area contributed by atoms with E-state index in [0.29, 0.717) is 31.4 Å². The predicted molar refractivity (Wildman–Crippen MR) is 105 cm³/mol. The van der Waals surface area contributed by atoms with Crippen LogP contribution in [0.3, 0.4) is 0 Å². The molecule has 0 spiro atoms. The van der Waals surface area contributed by atoms with Gasteiger partial charge in [0.2, 0.25) is 0 Å². The Bertz CT molecular complexity index is 1010. The molecule has 0 aliphatic rings. The van der Waals surface area contributed by atoms with Crippen LogP contribution >= 0.6 is 34.5 Å². The minimum absolute atomic E-state index is 0.0436. The zero-order chi connectivity index (χ0) is 19.6. The molecule has 0 saturated carbocycles. The number of carbonyl (C=O) groups excluding carboxylic acids is 2. The quantitative estimate of drug-likeness (QED) is 0.515. The van der Waals surface area contributed by atoms with Gasteiger partial charge < -0.3 is 14.2 Å². The Morgan fingerprint density at radius 1 is 0.963 bits per heavy atom. The normalized spacial score (nSPS) is 10.7. The number of thiophene rings is 1. The summed E-state index contributed by atoms with van der Waals surface area (Å²) in [5.41, 5.74) is 1.15. The van der Waals surface area contributed by atoms with E-state index in [1.165, 1.54) is 14.2 Å². The Morgan fingerprint density at radius 2 is 1.67 bits per heavy atom. The van der Waals surface area contributed by atoms with Crippen LogP contribution in [0.4, 0.5) is 0 Å². The van der Waals surface area contributed by atoms with Crippen molar-refractivity contribution in [2.75, 3.05) is 14.2 Å². The molecule has 0 fully saturated rings. The minimum atomic E-state index is -0.548. The van der Waals surface area contributed by atoms with Crippen molar-refractivity contribution >= 4 is 56.6 Å². The molecule has 5 nitrogen and oxygen atoms in total. The van der Waals surface area contributed by atoms with Crippen LogP contribution < -0.4 is 4.74 Å². The van der Waals surface area contributed by atoms with Gasteiger partial charge in [0.25, 0.3) is 0 Å². The summed E-state index contributed by atoms with van der Waals surface area (Å²) in [7, 11) is 2.83. The van der Waals surface area contributed by atoms with E-state index < -0.39 is 11.9 Å². The minimum Gasteiger partial charge on any atom is -0.495 e. The molecule has 0 atom stereocenters. The van der Waals surface area contributed by atoms with Gasteiger partial charge >= 0.3 is 11.9 Å². The highest BCUT2D eigenvalue weighted by molar-refractivity contribution is 7.22. The molecular weight excluding hydrogens is 411 g/mol. The number of benzene rings is 2. The van der Waals surface area contributed by atoms with Gasteiger partial charge in [-0.25, -0.2) is 9.59 Å². The highest BCUT2D eigenvalue weighted by atomic mass is 35.5. The fourth-order valence-corrected chi connectivity index (χ4v) is 4.22. The lowest BCUT2D eigenvalue weighted by atomic mass is 10.1. The number of esters is 2. The van der Waals surface area contributed by atoms with Crippen LogP contribution in [0.1, 0.15) is 25.6 Å². The summed E-state index contributed by atoms with van der Waals surface area (Å²) in [5, 5.41) is 1.37. The second-order valence-electron chi connectivity index (χ2n) is 5.47. The van der Waals surface area contributed by atoms with Crippen molar-refractivity contribution in [2.24, 2.45) is 0 Å². The van der Waals surface area contributed by atoms with Gasteiger partial charge in [0.15, 0.2) is 0 Å². The SMILES string of the molecule is COC(=O)c1ccc(COC(=O)c2sc3c(Cl)c(OC)ccc3c2Cl)cc1. The first-order valence-electron chi connectivity index (χ1n) is 7.75. The summed E-state index contributed by atoms with van der Waals surface area (Å²) >= 11 is 13.8. The van der Waals surface area contributed by atoms with Crippen molar-refractivity contribution in [3.05, 3.63) is 62.4 Å². The molecule has 0 radical (unpaired) electrons. The summed E-state index contributed by atoms with van der Waals surface area (Å²) in [6.45, 7) is 0.0436. The molecule has 0 unspecified atom stereocenters. The lowest BCUT2D eigenvalue weighted by molar-refractivity contribution is 0.0477. The van der Waals surface area contributed by atoms with E-state index >= 15 is 0 Å². The van der Waals surface area contributed by atoms with Crippen molar-refractivity contribution in [1.29, 1.82) is 0 Å². The topological polar surface area (TPSA) is 61.8 Å². The number of rotatable bonds is 5. The monoisotopic (exact) mass is 424 g/mol. The van der Waals surface area contributed by atoms with Crippen LogP contribution in [0.2, 0.25) is 10.0 Å². The summed E-state index contributed by atoms with van der Waals surface area (Å²) in [4.78, 5) is 24.2. The molecule has 3 aromatic rings. The third-order valence-corrected chi connectivity index (χ3v) is 6.05. The van der Waals surface area contributed by atoms with Crippen LogP contribution in [0, 0.1) is 0 Å². The average Bonchev–Trinajstić information content (AvgIpc) is 3.04. The van der Waals surface area contributed by atoms with E-state index in [1.807, 2.05) is 0 Å². The summed E-state index contributed by atoms with van der Waals surface area (Å²) in [6.07, 6.45) is 0. The molecule has 0 N–H and O–H groups in total. The zero-order valence-electron chi connectivity index (χ0n) is 14.4. The van der Waals surface area contributed by atoms with Crippen LogP contribution in [-0.4, -0.2) is 26.2 Å². The first kappa shape index (κ1) is 19.5. The first-order chi connectivity index (χ1) is 13.0. The summed E-state index contributed by atoms with van der Waals surface area (Å²) in [6, 6.07) is 10.0. The number of halogens is 2. The Hall–Kier alpha value is -2.28. The van der Waals surface area contributed by atoms with Crippen molar-refractivity contribution in [1.82, 2.24) is 0 Å². The fourth-order valence-electron chi connectivity index (χ4n) is 2.44. The van der Waals surface area contributed by atoms with Gasteiger partial charge in [-0.3, -0.25) is 0 Å². The largest absolute Gasteiger partial charge is 0.495 e. The zero-order valence-corrected chi connectivity index (χ0v) is 16.7. The number of methoxy groups -OCH3 is 2. The Labute approximate surface area is 169 Å². The van der Waals surface area contributed by atoms with Crippen LogP contribution in [0.5, 0.6) is 5.75 Å². The molecule has 0 amide bonds. The van der Waals surface area contributed by atoms with E-state index in [0.717, 1.165) is 16.9 Å². The molecule has 27 heavy (non-hydrogen) atoms. The lowest BCUT2D eigenvalue weighted by Crippen LogP contribution is -2.05. The highest BCUT2D eigenvalue weighted by Crippen LogP contribution is 2.43. The molecule has 1 aromatic heterocycles. The van der Waals surface area contributed by atoms with Gasteiger partial charge in [0.05, 0.1) is 29.5 Å². The number of carbonyl (C=O) groups is 2.